The van der Waals surface area contributed by atoms with E-state index in [-0.39, 0.29) is 21.9 Å². The molecule has 18 heteroatoms. The summed E-state index contributed by atoms with van der Waals surface area (Å²) in [4.78, 5) is 31.0. The topological polar surface area (TPSA) is 207 Å². The highest BCUT2D eigenvalue weighted by atomic mass is 32.2. The third kappa shape index (κ3) is 10.7. The molecule has 16 nitrogen and oxygen atoms in total. The summed E-state index contributed by atoms with van der Waals surface area (Å²) in [6, 6.07) is 47.0. The van der Waals surface area contributed by atoms with Gasteiger partial charge in [0.25, 0.3) is 5.91 Å². The molecule has 8 aromatic rings. The second-order valence-electron chi connectivity index (χ2n) is 16.3. The highest BCUT2D eigenvalue weighted by Gasteiger charge is 2.39. The average Bonchev–Trinajstić information content (AvgIpc) is 4.04. The molecular formula is C52H53N9O7S2. The molecule has 0 unspecified atom stereocenters. The SMILES string of the molecule is CNCCNS(=O)(=O)c1ccc(-c2ccc(S(=O)(=O)N[C@@H](CNC(=O)c3ccc4c(cnn4CCCNc4nccn4C(c4ccccc4)(c4ccccc4)c4ccccc4)c3)C(=O)OC)cc2)cc1. The molecule has 0 aliphatic rings. The van der Waals surface area contributed by atoms with Gasteiger partial charge in [0.1, 0.15) is 11.6 Å². The van der Waals surface area contributed by atoms with E-state index in [1.165, 1.54) is 24.3 Å². The number of methoxy groups -OCH3 is 1. The summed E-state index contributed by atoms with van der Waals surface area (Å²) in [7, 11) is -5.11. The van der Waals surface area contributed by atoms with Gasteiger partial charge in [0.15, 0.2) is 0 Å². The Balaban J connectivity index is 0.889. The van der Waals surface area contributed by atoms with E-state index in [0.29, 0.717) is 43.1 Å². The standard InChI is InChI=1S/C52H53N9O7S2/c1-53-30-31-58-69(64,65)45-24-19-38(20-25-45)39-21-26-46(27-22-39)70(66,67)59-47(50(63)68-2)37-56-49(62)40-23-28-48-41(35-40)36-57-61(48)33-12-29-54-51-55-32-34-60(51)52(42-13-6-3-7-14-42,43-15-8-4-9-16-43)44-17-10-5-11-18-44/h3-11,13-28,32,34-36,47,53,58-59H,12,29-31,33,37H2,1-2H3,(H,54,55)(H,56,62)/t47-/m0/s1. The number of fused-ring (bicyclic) bond motifs is 1. The summed E-state index contributed by atoms with van der Waals surface area (Å²) < 4.78 is 65.9. The summed E-state index contributed by atoms with van der Waals surface area (Å²) in [6.45, 7) is 1.47. The van der Waals surface area contributed by atoms with Crippen molar-refractivity contribution >= 4 is 48.8 Å². The van der Waals surface area contributed by atoms with Gasteiger partial charge in [-0.25, -0.2) is 26.5 Å². The number of benzene rings is 6. The number of rotatable bonds is 22. The van der Waals surface area contributed by atoms with Crippen molar-refractivity contribution in [1.82, 2.24) is 39.4 Å². The number of hydrogen-bond donors (Lipinski definition) is 5. The molecule has 1 atom stereocenters. The van der Waals surface area contributed by atoms with E-state index in [4.69, 9.17) is 9.72 Å². The Morgan fingerprint density at radius 1 is 0.700 bits per heavy atom. The first kappa shape index (κ1) is 49.0. The van der Waals surface area contributed by atoms with Gasteiger partial charge in [0, 0.05) is 56.1 Å². The average molecular weight is 980 g/mol. The highest BCUT2D eigenvalue weighted by Crippen LogP contribution is 2.42. The number of carbonyl (C=O) groups excluding carboxylic acids is 2. The van der Waals surface area contributed by atoms with Crippen molar-refractivity contribution < 1.29 is 31.2 Å². The molecule has 0 spiro atoms. The Kier molecular flexibility index (Phi) is 15.3. The molecule has 0 aliphatic carbocycles. The Labute approximate surface area is 407 Å². The summed E-state index contributed by atoms with van der Waals surface area (Å²) in [6.07, 6.45) is 6.20. The van der Waals surface area contributed by atoms with E-state index in [1.54, 1.807) is 55.7 Å². The van der Waals surface area contributed by atoms with E-state index in [2.05, 4.69) is 108 Å². The van der Waals surface area contributed by atoms with Crippen LogP contribution in [0, 0.1) is 0 Å². The number of sulfonamides is 2. The van der Waals surface area contributed by atoms with Crippen LogP contribution >= 0.6 is 0 Å². The second-order valence-corrected chi connectivity index (χ2v) is 19.8. The molecule has 2 aromatic heterocycles. The molecule has 0 saturated carbocycles. The number of carbonyl (C=O) groups is 2. The fraction of sp³-hybridized carbons (Fsp3) is 0.192. The van der Waals surface area contributed by atoms with Gasteiger partial charge < -0.3 is 20.7 Å². The van der Waals surface area contributed by atoms with Crippen LogP contribution in [0.25, 0.3) is 22.0 Å². The van der Waals surface area contributed by atoms with E-state index < -0.39 is 50.0 Å². The van der Waals surface area contributed by atoms with Gasteiger partial charge in [-0.05, 0) is 83.8 Å². The van der Waals surface area contributed by atoms with Crippen LogP contribution in [0.5, 0.6) is 0 Å². The van der Waals surface area contributed by atoms with Crippen LogP contribution in [-0.4, -0.2) is 94.4 Å². The van der Waals surface area contributed by atoms with E-state index in [9.17, 15) is 26.4 Å². The summed E-state index contributed by atoms with van der Waals surface area (Å²) >= 11 is 0. The molecule has 360 valence electrons. The molecule has 8 rings (SSSR count). The Hall–Kier alpha value is -7.48. The van der Waals surface area contributed by atoms with E-state index in [0.717, 1.165) is 34.7 Å². The monoisotopic (exact) mass is 979 g/mol. The number of esters is 1. The van der Waals surface area contributed by atoms with Gasteiger partial charge >= 0.3 is 5.97 Å². The van der Waals surface area contributed by atoms with Gasteiger partial charge in [0.2, 0.25) is 26.0 Å². The van der Waals surface area contributed by atoms with Crippen LogP contribution in [0.3, 0.4) is 0 Å². The maximum absolute atomic E-state index is 13.5. The molecule has 0 radical (unpaired) electrons. The number of ether oxygens (including phenoxy) is 1. The molecule has 0 aliphatic heterocycles. The molecule has 0 bridgehead atoms. The molecule has 6 aromatic carbocycles. The van der Waals surface area contributed by atoms with Crippen molar-refractivity contribution in [3.8, 4) is 11.1 Å². The number of imidazole rings is 1. The second kappa shape index (κ2) is 21.9. The number of anilines is 1. The number of nitrogens with zero attached hydrogens (tertiary/aromatic N) is 4. The molecule has 2 heterocycles. The number of hydrogen-bond acceptors (Lipinski definition) is 11. The lowest BCUT2D eigenvalue weighted by molar-refractivity contribution is -0.142. The van der Waals surface area contributed by atoms with Crippen molar-refractivity contribution in [2.24, 2.45) is 0 Å². The van der Waals surface area contributed by atoms with Gasteiger partial charge in [-0.3, -0.25) is 18.8 Å². The van der Waals surface area contributed by atoms with Gasteiger partial charge in [-0.2, -0.15) is 9.82 Å². The van der Waals surface area contributed by atoms with Gasteiger partial charge in [-0.1, -0.05) is 115 Å². The molecule has 1 amide bonds. The first-order valence-corrected chi connectivity index (χ1v) is 25.5. The first-order chi connectivity index (χ1) is 33.9. The molecule has 5 N–H and O–H groups in total. The number of aromatic nitrogens is 4. The normalized spacial score (nSPS) is 12.4. The zero-order chi connectivity index (χ0) is 49.1. The van der Waals surface area contributed by atoms with Crippen LogP contribution in [0.4, 0.5) is 5.95 Å². The van der Waals surface area contributed by atoms with Crippen LogP contribution in [0.2, 0.25) is 0 Å². The lowest BCUT2D eigenvalue weighted by Crippen LogP contribution is -2.48. The maximum Gasteiger partial charge on any atom is 0.325 e. The quantitative estimate of drug-likeness (QED) is 0.0303. The first-order valence-electron chi connectivity index (χ1n) is 22.6. The largest absolute Gasteiger partial charge is 0.468 e. The fourth-order valence-corrected chi connectivity index (χ4v) is 10.6. The number of nitrogens with one attached hydrogen (secondary N) is 5. The van der Waals surface area contributed by atoms with E-state index >= 15 is 0 Å². The molecule has 0 fully saturated rings. The summed E-state index contributed by atoms with van der Waals surface area (Å²) in [5.41, 5.74) is 4.95. The Morgan fingerprint density at radius 2 is 1.27 bits per heavy atom. The summed E-state index contributed by atoms with van der Waals surface area (Å²) in [5, 5.41) is 14.4. The maximum atomic E-state index is 13.5. The van der Waals surface area contributed by atoms with Gasteiger partial charge in [-0.15, -0.1) is 0 Å². The van der Waals surface area contributed by atoms with E-state index in [1.807, 2.05) is 35.3 Å². The third-order valence-corrected chi connectivity index (χ3v) is 14.9. The lowest BCUT2D eigenvalue weighted by Gasteiger charge is -2.38. The predicted molar refractivity (Wildman–Crippen MR) is 269 cm³/mol. The van der Waals surface area contributed by atoms with Crippen molar-refractivity contribution in [1.29, 1.82) is 0 Å². The summed E-state index contributed by atoms with van der Waals surface area (Å²) in [5.74, 6) is -0.717. The molecule has 70 heavy (non-hydrogen) atoms. The van der Waals surface area contributed by atoms with Crippen LogP contribution in [0.15, 0.2) is 186 Å². The number of amides is 1. The minimum Gasteiger partial charge on any atom is -0.468 e. The zero-order valence-electron chi connectivity index (χ0n) is 38.5. The Morgan fingerprint density at radius 3 is 1.83 bits per heavy atom. The lowest BCUT2D eigenvalue weighted by atomic mass is 9.76. The van der Waals surface area contributed by atoms with Crippen molar-refractivity contribution in [2.75, 3.05) is 45.7 Å². The Bertz CT molecular complexity index is 3160. The fourth-order valence-electron chi connectivity index (χ4n) is 8.41. The zero-order valence-corrected chi connectivity index (χ0v) is 40.2. The highest BCUT2D eigenvalue weighted by molar-refractivity contribution is 7.89. The van der Waals surface area contributed by atoms with Crippen molar-refractivity contribution in [3.63, 3.8) is 0 Å². The van der Waals surface area contributed by atoms with Crippen molar-refractivity contribution in [3.05, 3.63) is 199 Å². The predicted octanol–water partition coefficient (Wildman–Crippen LogP) is 5.99. The third-order valence-electron chi connectivity index (χ3n) is 11.9. The van der Waals surface area contributed by atoms with Crippen molar-refractivity contribution in [2.45, 2.75) is 34.3 Å². The molecular weight excluding hydrogens is 927 g/mol. The minimum absolute atomic E-state index is 0.0972. The number of aryl methyl sites for hydroxylation is 1. The molecule has 0 saturated heterocycles. The van der Waals surface area contributed by atoms with Crippen LogP contribution < -0.4 is 25.4 Å². The number of likely N-dealkylation sites (N-methyl/N-ethyl adjacent to an activating group) is 1. The smallest absolute Gasteiger partial charge is 0.325 e. The van der Waals surface area contributed by atoms with Crippen LogP contribution in [-0.2, 0) is 41.7 Å². The minimum atomic E-state index is -4.27. The van der Waals surface area contributed by atoms with Gasteiger partial charge in [0.05, 0.1) is 28.6 Å². The van der Waals surface area contributed by atoms with Crippen LogP contribution in [0.1, 0.15) is 33.5 Å².